The first kappa shape index (κ1) is 21.3. The largest absolute Gasteiger partial charge is 0.308 e. The number of nitro groups is 1. The molecule has 168 valence electrons. The lowest BCUT2D eigenvalue weighted by molar-refractivity contribution is -0.384. The number of benzene rings is 3. The van der Waals surface area contributed by atoms with Crippen molar-refractivity contribution >= 4 is 39.8 Å². The SMILES string of the molecule is CCCN1C(=O)C(=Cc2nc3ccccc3c(=O)n2-c2ccccc2[N+](=O)[O-])c2ccccc21. The third-order valence-corrected chi connectivity index (χ3v) is 5.80. The van der Waals surface area contributed by atoms with Crippen LogP contribution in [0.2, 0.25) is 0 Å². The zero-order valence-electron chi connectivity index (χ0n) is 18.3. The van der Waals surface area contributed by atoms with Crippen molar-refractivity contribution in [3.05, 3.63) is 105 Å². The van der Waals surface area contributed by atoms with Gasteiger partial charge in [0.25, 0.3) is 17.2 Å². The minimum atomic E-state index is -0.535. The quantitative estimate of drug-likeness (QED) is 0.251. The Labute approximate surface area is 194 Å². The van der Waals surface area contributed by atoms with E-state index >= 15 is 0 Å². The molecule has 5 rings (SSSR count). The lowest BCUT2D eigenvalue weighted by atomic mass is 10.1. The van der Waals surface area contributed by atoms with E-state index < -0.39 is 10.5 Å². The first-order chi connectivity index (χ1) is 16.5. The maximum Gasteiger partial charge on any atom is 0.293 e. The van der Waals surface area contributed by atoms with Crippen molar-refractivity contribution in [3.63, 3.8) is 0 Å². The second kappa shape index (κ2) is 8.40. The van der Waals surface area contributed by atoms with Gasteiger partial charge in [0.15, 0.2) is 0 Å². The van der Waals surface area contributed by atoms with Gasteiger partial charge in [-0.15, -0.1) is 0 Å². The second-order valence-corrected chi connectivity index (χ2v) is 7.91. The smallest absolute Gasteiger partial charge is 0.293 e. The van der Waals surface area contributed by atoms with Crippen molar-refractivity contribution in [2.45, 2.75) is 13.3 Å². The first-order valence-electron chi connectivity index (χ1n) is 10.9. The fraction of sp³-hybridized carbons (Fsp3) is 0.115. The Hall–Kier alpha value is -4.59. The zero-order valence-corrected chi connectivity index (χ0v) is 18.3. The molecular formula is C26H20N4O4. The first-order valence-corrected chi connectivity index (χ1v) is 10.9. The molecule has 0 saturated heterocycles. The molecule has 0 spiro atoms. The molecule has 0 saturated carbocycles. The van der Waals surface area contributed by atoms with Gasteiger partial charge in [-0.1, -0.05) is 49.4 Å². The Morgan fingerprint density at radius 1 is 0.941 bits per heavy atom. The minimum absolute atomic E-state index is 0.0896. The number of hydrogen-bond donors (Lipinski definition) is 0. The number of hydrogen-bond acceptors (Lipinski definition) is 5. The maximum atomic E-state index is 13.6. The number of fused-ring (bicyclic) bond motifs is 2. The van der Waals surface area contributed by atoms with Gasteiger partial charge in [-0.05, 0) is 36.8 Å². The van der Waals surface area contributed by atoms with E-state index in [0.717, 1.165) is 17.7 Å². The molecule has 0 unspecified atom stereocenters. The highest BCUT2D eigenvalue weighted by Gasteiger charge is 2.32. The summed E-state index contributed by atoms with van der Waals surface area (Å²) in [5.74, 6) is -0.0472. The second-order valence-electron chi connectivity index (χ2n) is 7.91. The Kier molecular flexibility index (Phi) is 5.25. The van der Waals surface area contributed by atoms with Crippen LogP contribution in [-0.4, -0.2) is 26.9 Å². The lowest BCUT2D eigenvalue weighted by Gasteiger charge is -2.15. The van der Waals surface area contributed by atoms with Crippen LogP contribution in [0.15, 0.2) is 77.6 Å². The Morgan fingerprint density at radius 3 is 2.38 bits per heavy atom. The fourth-order valence-corrected chi connectivity index (χ4v) is 4.31. The Balaban J connectivity index is 1.83. The summed E-state index contributed by atoms with van der Waals surface area (Å²) in [6.07, 6.45) is 2.34. The van der Waals surface area contributed by atoms with Crippen LogP contribution in [0.5, 0.6) is 0 Å². The van der Waals surface area contributed by atoms with E-state index in [1.54, 1.807) is 47.4 Å². The molecule has 4 aromatic rings. The van der Waals surface area contributed by atoms with Gasteiger partial charge < -0.3 is 4.90 Å². The average Bonchev–Trinajstić information content (AvgIpc) is 3.11. The van der Waals surface area contributed by atoms with Gasteiger partial charge in [-0.3, -0.25) is 24.3 Å². The number of amides is 1. The van der Waals surface area contributed by atoms with Gasteiger partial charge in [0.1, 0.15) is 11.5 Å². The summed E-state index contributed by atoms with van der Waals surface area (Å²) in [6.45, 7) is 2.55. The third kappa shape index (κ3) is 3.36. The van der Waals surface area contributed by atoms with Crippen LogP contribution < -0.4 is 10.5 Å². The molecule has 8 heteroatoms. The molecule has 1 aliphatic heterocycles. The van der Waals surface area contributed by atoms with E-state index in [0.29, 0.717) is 23.0 Å². The number of para-hydroxylation sites is 4. The van der Waals surface area contributed by atoms with Gasteiger partial charge in [-0.25, -0.2) is 4.98 Å². The molecule has 0 fully saturated rings. The molecule has 3 aromatic carbocycles. The zero-order chi connectivity index (χ0) is 23.8. The number of aromatic nitrogens is 2. The molecule has 0 bridgehead atoms. The monoisotopic (exact) mass is 452 g/mol. The normalized spacial score (nSPS) is 14.1. The molecule has 8 nitrogen and oxygen atoms in total. The van der Waals surface area contributed by atoms with Gasteiger partial charge in [0, 0.05) is 18.2 Å². The number of nitro benzene ring substituents is 1. The number of anilines is 1. The number of rotatable bonds is 5. The van der Waals surface area contributed by atoms with Crippen LogP contribution in [-0.2, 0) is 4.79 Å². The molecule has 34 heavy (non-hydrogen) atoms. The van der Waals surface area contributed by atoms with E-state index in [1.165, 1.54) is 16.7 Å². The molecule has 0 N–H and O–H groups in total. The van der Waals surface area contributed by atoms with Crippen molar-refractivity contribution in [2.75, 3.05) is 11.4 Å². The summed E-state index contributed by atoms with van der Waals surface area (Å²) >= 11 is 0. The van der Waals surface area contributed by atoms with Crippen LogP contribution in [0, 0.1) is 10.1 Å². The summed E-state index contributed by atoms with van der Waals surface area (Å²) in [5.41, 5.74) is 1.77. The van der Waals surface area contributed by atoms with Gasteiger partial charge in [-0.2, -0.15) is 0 Å². The van der Waals surface area contributed by atoms with E-state index in [9.17, 15) is 19.7 Å². The highest BCUT2D eigenvalue weighted by molar-refractivity contribution is 6.35. The summed E-state index contributed by atoms with van der Waals surface area (Å²) in [7, 11) is 0. The van der Waals surface area contributed by atoms with E-state index in [-0.39, 0.29) is 23.1 Å². The number of carbonyl (C=O) groups excluding carboxylic acids is 1. The molecule has 0 atom stereocenters. The molecular weight excluding hydrogens is 432 g/mol. The highest BCUT2D eigenvalue weighted by atomic mass is 16.6. The third-order valence-electron chi connectivity index (χ3n) is 5.80. The van der Waals surface area contributed by atoms with Crippen LogP contribution in [0.25, 0.3) is 28.2 Å². The molecule has 1 amide bonds. The van der Waals surface area contributed by atoms with Crippen molar-refractivity contribution in [2.24, 2.45) is 0 Å². The predicted octanol–water partition coefficient (Wildman–Crippen LogP) is 4.59. The molecule has 0 aliphatic carbocycles. The summed E-state index contributed by atoms with van der Waals surface area (Å²) in [5, 5.41) is 12.1. The van der Waals surface area contributed by atoms with Crippen molar-refractivity contribution in [1.29, 1.82) is 0 Å². The molecule has 2 heterocycles. The van der Waals surface area contributed by atoms with Crippen LogP contribution in [0.1, 0.15) is 24.7 Å². The average molecular weight is 452 g/mol. The van der Waals surface area contributed by atoms with Gasteiger partial charge in [0.2, 0.25) is 0 Å². The molecule has 1 aliphatic rings. The van der Waals surface area contributed by atoms with Crippen LogP contribution in [0.4, 0.5) is 11.4 Å². The topological polar surface area (TPSA) is 98.3 Å². The fourth-order valence-electron chi connectivity index (χ4n) is 4.31. The summed E-state index contributed by atoms with van der Waals surface area (Å²) in [4.78, 5) is 44.5. The standard InChI is InChI=1S/C26H20N4O4/c1-2-15-28-21-12-6-4-9-17(21)19(25(28)31)16-24-27-20-11-5-3-10-18(20)26(32)29(24)22-13-7-8-14-23(22)30(33)34/h3-14,16H,2,15H2,1H3. The predicted molar refractivity (Wildman–Crippen MR) is 131 cm³/mol. The summed E-state index contributed by atoms with van der Waals surface area (Å²) in [6, 6.07) is 20.3. The van der Waals surface area contributed by atoms with Crippen molar-refractivity contribution in [3.8, 4) is 5.69 Å². The van der Waals surface area contributed by atoms with Gasteiger partial charge >= 0.3 is 0 Å². The van der Waals surface area contributed by atoms with Crippen LogP contribution >= 0.6 is 0 Å². The Bertz CT molecular complexity index is 1550. The summed E-state index contributed by atoms with van der Waals surface area (Å²) < 4.78 is 1.21. The molecule has 0 radical (unpaired) electrons. The van der Waals surface area contributed by atoms with Crippen LogP contribution in [0.3, 0.4) is 0 Å². The minimum Gasteiger partial charge on any atom is -0.308 e. The number of carbonyl (C=O) groups is 1. The Morgan fingerprint density at radius 2 is 1.62 bits per heavy atom. The van der Waals surface area contributed by atoms with E-state index in [2.05, 4.69) is 4.98 Å². The van der Waals surface area contributed by atoms with Gasteiger partial charge in [0.05, 0.1) is 27.1 Å². The molecule has 1 aromatic heterocycles. The van der Waals surface area contributed by atoms with E-state index in [4.69, 9.17) is 0 Å². The number of nitrogens with zero attached hydrogens (tertiary/aromatic N) is 4. The maximum absolute atomic E-state index is 13.6. The highest BCUT2D eigenvalue weighted by Crippen LogP contribution is 2.38. The van der Waals surface area contributed by atoms with Crippen molar-refractivity contribution in [1.82, 2.24) is 9.55 Å². The van der Waals surface area contributed by atoms with Crippen molar-refractivity contribution < 1.29 is 9.72 Å². The van der Waals surface area contributed by atoms with E-state index in [1.807, 2.05) is 31.2 Å². The lowest BCUT2D eigenvalue weighted by Crippen LogP contribution is -2.27.